The predicted octanol–water partition coefficient (Wildman–Crippen LogP) is 3.85. The molecule has 0 aliphatic carbocycles. The maximum absolute atomic E-state index is 12.7. The Balaban J connectivity index is 1.61. The molecule has 1 amide bonds. The van der Waals surface area contributed by atoms with Crippen molar-refractivity contribution in [2.24, 2.45) is 0 Å². The Morgan fingerprint density at radius 1 is 1.10 bits per heavy atom. The molecule has 2 aromatic carbocycles. The molecule has 0 N–H and O–H groups in total. The zero-order chi connectivity index (χ0) is 20.6. The van der Waals surface area contributed by atoms with Crippen LogP contribution < -0.4 is 14.4 Å². The summed E-state index contributed by atoms with van der Waals surface area (Å²) in [6.45, 7) is 5.16. The lowest BCUT2D eigenvalue weighted by Gasteiger charge is -2.24. The number of para-hydroxylation sites is 1. The average molecular weight is 395 g/mol. The number of hydrogen-bond acceptors (Lipinski definition) is 5. The van der Waals surface area contributed by atoms with Gasteiger partial charge in [-0.2, -0.15) is 0 Å². The molecule has 1 heterocycles. The van der Waals surface area contributed by atoms with E-state index in [-0.39, 0.29) is 5.91 Å². The fraction of sp³-hybridized carbons (Fsp3) is 0.304. The van der Waals surface area contributed by atoms with E-state index in [9.17, 15) is 9.59 Å². The van der Waals surface area contributed by atoms with E-state index < -0.39 is 12.1 Å². The van der Waals surface area contributed by atoms with E-state index in [1.807, 2.05) is 55.5 Å². The molecule has 0 bridgehead atoms. The molecule has 1 aliphatic heterocycles. The van der Waals surface area contributed by atoms with E-state index in [1.165, 1.54) is 6.08 Å². The third kappa shape index (κ3) is 5.38. The molecule has 6 nitrogen and oxygen atoms in total. The molecule has 0 unspecified atom stereocenters. The number of esters is 1. The minimum absolute atomic E-state index is 0.268. The first-order valence-corrected chi connectivity index (χ1v) is 9.73. The summed E-state index contributed by atoms with van der Waals surface area (Å²) in [7, 11) is 0. The largest absolute Gasteiger partial charge is 0.490 e. The number of carbonyl (C=O) groups is 2. The van der Waals surface area contributed by atoms with Crippen LogP contribution >= 0.6 is 0 Å². The quantitative estimate of drug-likeness (QED) is 0.549. The number of ether oxygens (including phenoxy) is 3. The Labute approximate surface area is 170 Å². The minimum atomic E-state index is -0.893. The number of benzene rings is 2. The Bertz CT molecular complexity index is 878. The standard InChI is InChI=1S/C23H25NO5/c1-3-24(19-8-5-4-6-9-19)23(26)17(2)29-22(25)13-11-18-10-12-20-21(16-18)28-15-7-14-27-20/h4-6,8-13,16-17H,3,7,14-15H2,1-2H3/b13-11+/t17-/m0/s1. The van der Waals surface area contributed by atoms with Crippen molar-refractivity contribution in [1.82, 2.24) is 0 Å². The van der Waals surface area contributed by atoms with Crippen molar-refractivity contribution in [2.45, 2.75) is 26.4 Å². The average Bonchev–Trinajstić information content (AvgIpc) is 2.98. The summed E-state index contributed by atoms with van der Waals surface area (Å²) in [6, 6.07) is 14.8. The highest BCUT2D eigenvalue weighted by Crippen LogP contribution is 2.30. The lowest BCUT2D eigenvalue weighted by atomic mass is 10.2. The van der Waals surface area contributed by atoms with Crippen LogP contribution in [0, 0.1) is 0 Å². The number of carbonyl (C=O) groups excluding carboxylic acids is 2. The predicted molar refractivity (Wildman–Crippen MR) is 111 cm³/mol. The maximum atomic E-state index is 12.7. The van der Waals surface area contributed by atoms with E-state index in [0.717, 1.165) is 17.7 Å². The maximum Gasteiger partial charge on any atom is 0.331 e. The van der Waals surface area contributed by atoms with Crippen LogP contribution in [0.3, 0.4) is 0 Å². The van der Waals surface area contributed by atoms with E-state index in [0.29, 0.717) is 31.3 Å². The minimum Gasteiger partial charge on any atom is -0.490 e. The van der Waals surface area contributed by atoms with Gasteiger partial charge in [-0.1, -0.05) is 24.3 Å². The summed E-state index contributed by atoms with van der Waals surface area (Å²) in [5, 5.41) is 0. The highest BCUT2D eigenvalue weighted by atomic mass is 16.5. The zero-order valence-electron chi connectivity index (χ0n) is 16.7. The topological polar surface area (TPSA) is 65.1 Å². The van der Waals surface area contributed by atoms with Crippen LogP contribution in [0.5, 0.6) is 11.5 Å². The fourth-order valence-electron chi connectivity index (χ4n) is 3.00. The van der Waals surface area contributed by atoms with Crippen LogP contribution in [-0.4, -0.2) is 37.7 Å². The van der Waals surface area contributed by atoms with Crippen LogP contribution in [0.15, 0.2) is 54.6 Å². The highest BCUT2D eigenvalue weighted by molar-refractivity contribution is 5.98. The lowest BCUT2D eigenvalue weighted by molar-refractivity contribution is -0.149. The van der Waals surface area contributed by atoms with E-state index >= 15 is 0 Å². The molecular formula is C23H25NO5. The molecule has 1 aliphatic rings. The van der Waals surface area contributed by atoms with Gasteiger partial charge in [-0.05, 0) is 49.8 Å². The van der Waals surface area contributed by atoms with Crippen LogP contribution in [0.25, 0.3) is 6.08 Å². The molecule has 152 valence electrons. The molecular weight excluding hydrogens is 370 g/mol. The third-order valence-corrected chi connectivity index (χ3v) is 4.47. The Morgan fingerprint density at radius 3 is 2.55 bits per heavy atom. The first kappa shape index (κ1) is 20.5. The van der Waals surface area contributed by atoms with Gasteiger partial charge in [0, 0.05) is 24.7 Å². The van der Waals surface area contributed by atoms with Gasteiger partial charge in [0.15, 0.2) is 17.6 Å². The lowest BCUT2D eigenvalue weighted by Crippen LogP contribution is -2.39. The fourth-order valence-corrected chi connectivity index (χ4v) is 3.00. The van der Waals surface area contributed by atoms with Crippen LogP contribution in [0.2, 0.25) is 0 Å². The summed E-state index contributed by atoms with van der Waals surface area (Å²) in [6.07, 6.45) is 2.87. The van der Waals surface area contributed by atoms with Crippen molar-refractivity contribution in [3.8, 4) is 11.5 Å². The molecule has 0 radical (unpaired) electrons. The Morgan fingerprint density at radius 2 is 1.83 bits per heavy atom. The summed E-state index contributed by atoms with van der Waals surface area (Å²) < 4.78 is 16.5. The van der Waals surface area contributed by atoms with E-state index in [2.05, 4.69) is 0 Å². The number of rotatable bonds is 6. The highest BCUT2D eigenvalue weighted by Gasteiger charge is 2.23. The Kier molecular flexibility index (Phi) is 6.89. The molecule has 6 heteroatoms. The number of hydrogen-bond donors (Lipinski definition) is 0. The molecule has 0 aromatic heterocycles. The van der Waals surface area contributed by atoms with Gasteiger partial charge in [-0.15, -0.1) is 0 Å². The van der Waals surface area contributed by atoms with Gasteiger partial charge < -0.3 is 19.1 Å². The van der Waals surface area contributed by atoms with Crippen molar-refractivity contribution in [3.05, 3.63) is 60.2 Å². The van der Waals surface area contributed by atoms with Crippen molar-refractivity contribution in [2.75, 3.05) is 24.7 Å². The molecule has 0 spiro atoms. The van der Waals surface area contributed by atoms with Gasteiger partial charge in [0.1, 0.15) is 0 Å². The van der Waals surface area contributed by atoms with Gasteiger partial charge in [-0.25, -0.2) is 4.79 Å². The zero-order valence-corrected chi connectivity index (χ0v) is 16.7. The van der Waals surface area contributed by atoms with Gasteiger partial charge in [0.25, 0.3) is 5.91 Å². The van der Waals surface area contributed by atoms with Crippen molar-refractivity contribution < 1.29 is 23.8 Å². The van der Waals surface area contributed by atoms with Gasteiger partial charge in [-0.3, -0.25) is 4.79 Å². The third-order valence-electron chi connectivity index (χ3n) is 4.47. The second kappa shape index (κ2) is 9.78. The normalized spacial score (nSPS) is 14.1. The van der Waals surface area contributed by atoms with E-state index in [1.54, 1.807) is 17.9 Å². The van der Waals surface area contributed by atoms with Gasteiger partial charge in [0.05, 0.1) is 13.2 Å². The smallest absolute Gasteiger partial charge is 0.331 e. The molecule has 2 aromatic rings. The number of anilines is 1. The number of likely N-dealkylation sites (N-methyl/N-ethyl adjacent to an activating group) is 1. The van der Waals surface area contributed by atoms with Crippen LogP contribution in [0.1, 0.15) is 25.8 Å². The molecule has 0 fully saturated rings. The monoisotopic (exact) mass is 395 g/mol. The second-order valence-corrected chi connectivity index (χ2v) is 6.59. The summed E-state index contributed by atoms with van der Waals surface area (Å²) in [5.74, 6) is 0.503. The first-order valence-electron chi connectivity index (χ1n) is 9.73. The summed E-state index contributed by atoms with van der Waals surface area (Å²) >= 11 is 0. The Hall–Kier alpha value is -3.28. The number of amides is 1. The van der Waals surface area contributed by atoms with Crippen molar-refractivity contribution in [1.29, 1.82) is 0 Å². The van der Waals surface area contributed by atoms with E-state index in [4.69, 9.17) is 14.2 Å². The number of nitrogens with zero attached hydrogens (tertiary/aromatic N) is 1. The second-order valence-electron chi connectivity index (χ2n) is 6.59. The van der Waals surface area contributed by atoms with Crippen LogP contribution in [0.4, 0.5) is 5.69 Å². The van der Waals surface area contributed by atoms with Crippen LogP contribution in [-0.2, 0) is 14.3 Å². The van der Waals surface area contributed by atoms with Gasteiger partial charge >= 0.3 is 5.97 Å². The SMILES string of the molecule is CCN(C(=O)[C@H](C)OC(=O)/C=C/c1ccc2c(c1)OCCCO2)c1ccccc1. The molecule has 1 atom stereocenters. The molecule has 29 heavy (non-hydrogen) atoms. The number of fused-ring (bicyclic) bond motifs is 1. The van der Waals surface area contributed by atoms with Gasteiger partial charge in [0.2, 0.25) is 0 Å². The molecule has 0 saturated heterocycles. The van der Waals surface area contributed by atoms with Crippen molar-refractivity contribution >= 4 is 23.6 Å². The first-order chi connectivity index (χ1) is 14.1. The summed E-state index contributed by atoms with van der Waals surface area (Å²) in [4.78, 5) is 26.4. The van der Waals surface area contributed by atoms with Crippen molar-refractivity contribution in [3.63, 3.8) is 0 Å². The molecule has 0 saturated carbocycles. The summed E-state index contributed by atoms with van der Waals surface area (Å²) in [5.41, 5.74) is 1.55. The molecule has 3 rings (SSSR count).